The first-order valence-electron chi connectivity index (χ1n) is 11.7. The largest absolute Gasteiger partial charge is 0.357 e. The molecule has 6 nitrogen and oxygen atoms in total. The Morgan fingerprint density at radius 1 is 1.00 bits per heavy atom. The third-order valence-corrected chi connectivity index (χ3v) is 6.55. The molecule has 0 spiro atoms. The van der Waals surface area contributed by atoms with Crippen LogP contribution in [0, 0.1) is 0 Å². The van der Waals surface area contributed by atoms with E-state index in [1.165, 1.54) is 18.4 Å². The molecule has 2 heterocycles. The van der Waals surface area contributed by atoms with Crippen molar-refractivity contribution in [3.05, 3.63) is 59.8 Å². The first kappa shape index (κ1) is 24.8. The summed E-state index contributed by atoms with van der Waals surface area (Å²) in [5, 5.41) is 6.95. The first-order chi connectivity index (χ1) is 15.2. The third-order valence-electron chi connectivity index (χ3n) is 6.55. The van der Waals surface area contributed by atoms with Gasteiger partial charge in [0.15, 0.2) is 5.96 Å². The van der Waals surface area contributed by atoms with Gasteiger partial charge in [-0.15, -0.1) is 24.0 Å². The van der Waals surface area contributed by atoms with Crippen LogP contribution in [0.5, 0.6) is 0 Å². The Hall–Kier alpha value is -1.87. The zero-order chi connectivity index (χ0) is 21.5. The van der Waals surface area contributed by atoms with Crippen molar-refractivity contribution in [3.8, 4) is 0 Å². The number of benzene rings is 1. The number of aliphatic imine (C=N–C) groups is 1. The number of halogens is 1. The first-order valence-corrected chi connectivity index (χ1v) is 11.7. The Balaban J connectivity index is 0.00000289. The number of guanidine groups is 1. The maximum absolute atomic E-state index is 4.81. The summed E-state index contributed by atoms with van der Waals surface area (Å²) < 4.78 is 0. The third kappa shape index (κ3) is 6.34. The lowest BCUT2D eigenvalue weighted by atomic mass is 9.96. The van der Waals surface area contributed by atoms with E-state index >= 15 is 0 Å². The van der Waals surface area contributed by atoms with Crippen molar-refractivity contribution in [2.45, 2.75) is 38.6 Å². The fourth-order valence-corrected chi connectivity index (χ4v) is 4.27. The van der Waals surface area contributed by atoms with Crippen molar-refractivity contribution in [1.29, 1.82) is 0 Å². The van der Waals surface area contributed by atoms with Gasteiger partial charge < -0.3 is 20.4 Å². The highest BCUT2D eigenvalue weighted by Crippen LogP contribution is 2.47. The van der Waals surface area contributed by atoms with E-state index in [0.717, 1.165) is 63.2 Å². The maximum Gasteiger partial charge on any atom is 0.191 e. The predicted octanol–water partition coefficient (Wildman–Crippen LogP) is 3.63. The van der Waals surface area contributed by atoms with E-state index < -0.39 is 0 Å². The smallest absolute Gasteiger partial charge is 0.191 e. The minimum atomic E-state index is 0. The highest BCUT2D eigenvalue weighted by molar-refractivity contribution is 14.0. The number of aromatic nitrogens is 1. The lowest BCUT2D eigenvalue weighted by Crippen LogP contribution is -2.46. The Morgan fingerprint density at radius 3 is 2.34 bits per heavy atom. The molecule has 1 saturated carbocycles. The molecule has 0 atom stereocenters. The van der Waals surface area contributed by atoms with Crippen molar-refractivity contribution >= 4 is 35.8 Å². The molecule has 1 aromatic heterocycles. The SMILES string of the molecule is CCNC(=NCc1ccc(N2CCN(CC)CC2)nc1)NCC1(c2ccccc2)CC1.I. The average molecular weight is 549 g/mol. The van der Waals surface area contributed by atoms with Crippen LogP contribution in [0.25, 0.3) is 0 Å². The van der Waals surface area contributed by atoms with E-state index in [1.54, 1.807) is 0 Å². The van der Waals surface area contributed by atoms with Crippen LogP contribution >= 0.6 is 24.0 Å². The highest BCUT2D eigenvalue weighted by atomic mass is 127. The summed E-state index contributed by atoms with van der Waals surface area (Å²) in [7, 11) is 0. The molecule has 2 N–H and O–H groups in total. The number of hydrogen-bond acceptors (Lipinski definition) is 4. The summed E-state index contributed by atoms with van der Waals surface area (Å²) in [5.74, 6) is 1.96. The number of piperazine rings is 1. The lowest BCUT2D eigenvalue weighted by molar-refractivity contribution is 0.270. The number of rotatable bonds is 8. The zero-order valence-corrected chi connectivity index (χ0v) is 21.7. The van der Waals surface area contributed by atoms with Crippen LogP contribution in [0.1, 0.15) is 37.8 Å². The molecule has 1 aromatic carbocycles. The molecular weight excluding hydrogens is 511 g/mol. The van der Waals surface area contributed by atoms with Crippen LogP contribution in [0.15, 0.2) is 53.7 Å². The van der Waals surface area contributed by atoms with Crippen molar-refractivity contribution in [1.82, 2.24) is 20.5 Å². The van der Waals surface area contributed by atoms with Crippen LogP contribution in [-0.4, -0.2) is 61.7 Å². The van der Waals surface area contributed by atoms with Gasteiger partial charge in [0.2, 0.25) is 0 Å². The molecule has 174 valence electrons. The van der Waals surface area contributed by atoms with Gasteiger partial charge in [0, 0.05) is 50.9 Å². The fraction of sp³-hybridized carbons (Fsp3) is 0.520. The molecule has 2 fully saturated rings. The quantitative estimate of drug-likeness (QED) is 0.300. The molecular formula is C25H37IN6. The molecule has 1 saturated heterocycles. The summed E-state index contributed by atoms with van der Waals surface area (Å²) in [6.45, 7) is 12.2. The summed E-state index contributed by atoms with van der Waals surface area (Å²) in [6.07, 6.45) is 4.45. The zero-order valence-electron chi connectivity index (χ0n) is 19.4. The molecule has 4 rings (SSSR count). The minimum absolute atomic E-state index is 0. The summed E-state index contributed by atoms with van der Waals surface area (Å²) in [4.78, 5) is 14.4. The Bertz CT molecular complexity index is 842. The number of hydrogen-bond donors (Lipinski definition) is 2. The summed E-state index contributed by atoms with van der Waals surface area (Å²) in [6, 6.07) is 15.1. The standard InChI is InChI=1S/C25H36N6.HI/c1-3-26-24(29-20-25(12-13-25)22-8-6-5-7-9-22)28-19-21-10-11-23(27-18-21)31-16-14-30(4-2)15-17-31;/h5-11,18H,3-4,12-17,19-20H2,1-2H3,(H2,26,28,29);1H. The van der Waals surface area contributed by atoms with Gasteiger partial charge in [0.25, 0.3) is 0 Å². The fourth-order valence-electron chi connectivity index (χ4n) is 4.27. The minimum Gasteiger partial charge on any atom is -0.357 e. The van der Waals surface area contributed by atoms with Gasteiger partial charge in [-0.2, -0.15) is 0 Å². The number of pyridine rings is 1. The molecule has 0 bridgehead atoms. The number of likely N-dealkylation sites (N-methyl/N-ethyl adjacent to an activating group) is 1. The molecule has 2 aromatic rings. The van der Waals surface area contributed by atoms with E-state index in [2.05, 4.69) is 76.7 Å². The van der Waals surface area contributed by atoms with Crippen molar-refractivity contribution in [3.63, 3.8) is 0 Å². The van der Waals surface area contributed by atoms with E-state index in [9.17, 15) is 0 Å². The molecule has 1 aliphatic heterocycles. The Kier molecular flexibility index (Phi) is 9.16. The Labute approximate surface area is 209 Å². The molecule has 2 aliphatic rings. The van der Waals surface area contributed by atoms with Gasteiger partial charge in [-0.05, 0) is 43.5 Å². The number of nitrogens with one attached hydrogen (secondary N) is 2. The molecule has 0 amide bonds. The van der Waals surface area contributed by atoms with Crippen LogP contribution < -0.4 is 15.5 Å². The van der Waals surface area contributed by atoms with Gasteiger partial charge in [-0.3, -0.25) is 0 Å². The van der Waals surface area contributed by atoms with Crippen LogP contribution in [0.2, 0.25) is 0 Å². The van der Waals surface area contributed by atoms with Gasteiger partial charge >= 0.3 is 0 Å². The Morgan fingerprint density at radius 2 is 1.75 bits per heavy atom. The van der Waals surface area contributed by atoms with Gasteiger partial charge in [-0.1, -0.05) is 43.3 Å². The summed E-state index contributed by atoms with van der Waals surface area (Å²) in [5.41, 5.74) is 2.83. The highest BCUT2D eigenvalue weighted by Gasteiger charge is 2.44. The van der Waals surface area contributed by atoms with Crippen LogP contribution in [0.3, 0.4) is 0 Å². The second-order valence-corrected chi connectivity index (χ2v) is 8.64. The van der Waals surface area contributed by atoms with Crippen molar-refractivity contribution in [2.24, 2.45) is 4.99 Å². The maximum atomic E-state index is 4.81. The number of nitrogens with zero attached hydrogens (tertiary/aromatic N) is 4. The molecule has 0 radical (unpaired) electrons. The van der Waals surface area contributed by atoms with Gasteiger partial charge in [-0.25, -0.2) is 9.98 Å². The van der Waals surface area contributed by atoms with Crippen LogP contribution in [-0.2, 0) is 12.0 Å². The molecule has 1 aliphatic carbocycles. The number of anilines is 1. The normalized spacial score (nSPS) is 18.1. The molecule has 0 unspecified atom stereocenters. The lowest BCUT2D eigenvalue weighted by Gasteiger charge is -2.34. The van der Waals surface area contributed by atoms with E-state index in [1.807, 2.05) is 6.20 Å². The molecule has 32 heavy (non-hydrogen) atoms. The monoisotopic (exact) mass is 548 g/mol. The second-order valence-electron chi connectivity index (χ2n) is 8.64. The predicted molar refractivity (Wildman–Crippen MR) is 144 cm³/mol. The van der Waals surface area contributed by atoms with E-state index in [0.29, 0.717) is 6.54 Å². The second kappa shape index (κ2) is 11.8. The van der Waals surface area contributed by atoms with Crippen LogP contribution in [0.4, 0.5) is 5.82 Å². The van der Waals surface area contributed by atoms with Gasteiger partial charge in [0.1, 0.15) is 5.82 Å². The van der Waals surface area contributed by atoms with Crippen molar-refractivity contribution in [2.75, 3.05) is 50.7 Å². The average Bonchev–Trinajstić information content (AvgIpc) is 3.63. The molecule has 7 heteroatoms. The topological polar surface area (TPSA) is 55.8 Å². The van der Waals surface area contributed by atoms with Gasteiger partial charge in [0.05, 0.1) is 6.54 Å². The summed E-state index contributed by atoms with van der Waals surface area (Å²) >= 11 is 0. The van der Waals surface area contributed by atoms with E-state index in [-0.39, 0.29) is 29.4 Å². The van der Waals surface area contributed by atoms with E-state index in [4.69, 9.17) is 9.98 Å². The van der Waals surface area contributed by atoms with Crippen molar-refractivity contribution < 1.29 is 0 Å².